The third-order valence-corrected chi connectivity index (χ3v) is 5.31. The van der Waals surface area contributed by atoms with E-state index in [0.717, 1.165) is 25.4 Å². The van der Waals surface area contributed by atoms with Crippen LogP contribution in [0.2, 0.25) is 0 Å². The van der Waals surface area contributed by atoms with Gasteiger partial charge in [0.1, 0.15) is 5.75 Å². The normalized spacial score (nSPS) is 16.5. The van der Waals surface area contributed by atoms with Gasteiger partial charge in [0.2, 0.25) is 0 Å². The molecule has 0 bridgehead atoms. The predicted octanol–water partition coefficient (Wildman–Crippen LogP) is 4.59. The summed E-state index contributed by atoms with van der Waals surface area (Å²) in [5.74, 6) is 0.970. The molecule has 0 radical (unpaired) electrons. The molecule has 3 nitrogen and oxygen atoms in total. The Labute approximate surface area is 145 Å². The van der Waals surface area contributed by atoms with Gasteiger partial charge in [-0.2, -0.15) is 0 Å². The standard InChI is InChI=1S/C19H31NO2S/c1-20(12-13-22-17-8-6-4-5-7-9-17)15-16-10-11-19(23-3)18(14-16)21-2/h10-11,14,17H,4-9,12-13,15H2,1-3H3. The van der Waals surface area contributed by atoms with Crippen molar-refractivity contribution >= 4 is 11.8 Å². The number of nitrogens with zero attached hydrogens (tertiary/aromatic N) is 1. The Morgan fingerprint density at radius 2 is 1.91 bits per heavy atom. The van der Waals surface area contributed by atoms with Crippen LogP contribution in [0.3, 0.4) is 0 Å². The summed E-state index contributed by atoms with van der Waals surface area (Å²) in [5, 5.41) is 0. The van der Waals surface area contributed by atoms with Gasteiger partial charge in [0.25, 0.3) is 0 Å². The summed E-state index contributed by atoms with van der Waals surface area (Å²) in [4.78, 5) is 3.51. The molecule has 130 valence electrons. The van der Waals surface area contributed by atoms with Crippen LogP contribution in [0.1, 0.15) is 44.1 Å². The minimum Gasteiger partial charge on any atom is -0.496 e. The molecule has 0 saturated heterocycles. The lowest BCUT2D eigenvalue weighted by Crippen LogP contribution is -2.25. The van der Waals surface area contributed by atoms with Crippen molar-refractivity contribution in [2.24, 2.45) is 0 Å². The van der Waals surface area contributed by atoms with Gasteiger partial charge in [-0.3, -0.25) is 4.90 Å². The molecule has 1 fully saturated rings. The van der Waals surface area contributed by atoms with Crippen molar-refractivity contribution in [3.8, 4) is 5.75 Å². The summed E-state index contributed by atoms with van der Waals surface area (Å²) >= 11 is 1.72. The third-order valence-electron chi connectivity index (χ3n) is 4.53. The Morgan fingerprint density at radius 3 is 2.57 bits per heavy atom. The predicted molar refractivity (Wildman–Crippen MR) is 98.6 cm³/mol. The largest absolute Gasteiger partial charge is 0.496 e. The second-order valence-electron chi connectivity index (χ2n) is 6.41. The molecule has 1 aromatic rings. The highest BCUT2D eigenvalue weighted by Crippen LogP contribution is 2.28. The number of methoxy groups -OCH3 is 1. The highest BCUT2D eigenvalue weighted by molar-refractivity contribution is 7.98. The lowest BCUT2D eigenvalue weighted by molar-refractivity contribution is 0.0314. The van der Waals surface area contributed by atoms with E-state index in [1.807, 2.05) is 0 Å². The van der Waals surface area contributed by atoms with Crippen molar-refractivity contribution in [2.45, 2.75) is 56.1 Å². The highest BCUT2D eigenvalue weighted by Gasteiger charge is 2.12. The highest BCUT2D eigenvalue weighted by atomic mass is 32.2. The first-order valence-corrected chi connectivity index (χ1v) is 9.96. The number of likely N-dealkylation sites (N-methyl/N-ethyl adjacent to an activating group) is 1. The topological polar surface area (TPSA) is 21.7 Å². The third kappa shape index (κ3) is 6.36. The molecule has 0 aliphatic heterocycles. The Hall–Kier alpha value is -0.710. The SMILES string of the molecule is COc1cc(CN(C)CCOC2CCCCCC2)ccc1SC. The van der Waals surface area contributed by atoms with Crippen LogP contribution in [0.25, 0.3) is 0 Å². The van der Waals surface area contributed by atoms with E-state index in [-0.39, 0.29) is 0 Å². The first-order chi connectivity index (χ1) is 11.2. The van der Waals surface area contributed by atoms with E-state index in [1.54, 1.807) is 18.9 Å². The van der Waals surface area contributed by atoms with Gasteiger partial charge in [0, 0.05) is 18.0 Å². The molecule has 0 N–H and O–H groups in total. The molecule has 0 heterocycles. The van der Waals surface area contributed by atoms with Gasteiger partial charge in [-0.05, 0) is 43.8 Å². The van der Waals surface area contributed by atoms with E-state index in [9.17, 15) is 0 Å². The van der Waals surface area contributed by atoms with E-state index in [2.05, 4.69) is 36.4 Å². The molecular formula is C19H31NO2S. The lowest BCUT2D eigenvalue weighted by Gasteiger charge is -2.20. The van der Waals surface area contributed by atoms with Gasteiger partial charge < -0.3 is 9.47 Å². The smallest absolute Gasteiger partial charge is 0.132 e. The van der Waals surface area contributed by atoms with Crippen LogP contribution in [-0.2, 0) is 11.3 Å². The minimum atomic E-state index is 0.492. The molecule has 1 saturated carbocycles. The number of ether oxygens (including phenoxy) is 2. The van der Waals surface area contributed by atoms with Crippen molar-refractivity contribution in [1.29, 1.82) is 0 Å². The lowest BCUT2D eigenvalue weighted by atomic mass is 10.1. The average molecular weight is 338 g/mol. The number of hydrogen-bond donors (Lipinski definition) is 0. The Morgan fingerprint density at radius 1 is 1.17 bits per heavy atom. The number of thioether (sulfide) groups is 1. The Balaban J connectivity index is 1.74. The molecule has 2 rings (SSSR count). The summed E-state index contributed by atoms with van der Waals surface area (Å²) in [5.41, 5.74) is 1.29. The van der Waals surface area contributed by atoms with Gasteiger partial charge >= 0.3 is 0 Å². The zero-order valence-electron chi connectivity index (χ0n) is 14.8. The fourth-order valence-corrected chi connectivity index (χ4v) is 3.70. The van der Waals surface area contributed by atoms with Crippen molar-refractivity contribution < 1.29 is 9.47 Å². The Kier molecular flexibility index (Phi) is 8.27. The first-order valence-electron chi connectivity index (χ1n) is 8.74. The first kappa shape index (κ1) is 18.6. The van der Waals surface area contributed by atoms with Gasteiger partial charge in [-0.1, -0.05) is 31.7 Å². The van der Waals surface area contributed by atoms with E-state index in [4.69, 9.17) is 9.47 Å². The molecule has 0 amide bonds. The van der Waals surface area contributed by atoms with Crippen LogP contribution in [0.4, 0.5) is 0 Å². The monoisotopic (exact) mass is 337 g/mol. The van der Waals surface area contributed by atoms with Crippen LogP contribution in [0.5, 0.6) is 5.75 Å². The summed E-state index contributed by atoms with van der Waals surface area (Å²) in [6.07, 6.45) is 10.5. The quantitative estimate of drug-likeness (QED) is 0.511. The number of rotatable bonds is 8. The van der Waals surface area contributed by atoms with Crippen LogP contribution >= 0.6 is 11.8 Å². The molecule has 0 aromatic heterocycles. The molecular weight excluding hydrogens is 306 g/mol. The fourth-order valence-electron chi connectivity index (χ4n) is 3.15. The van der Waals surface area contributed by atoms with E-state index in [1.165, 1.54) is 49.0 Å². The second kappa shape index (κ2) is 10.2. The van der Waals surface area contributed by atoms with E-state index < -0.39 is 0 Å². The van der Waals surface area contributed by atoms with Gasteiger partial charge in [-0.15, -0.1) is 11.8 Å². The number of hydrogen-bond acceptors (Lipinski definition) is 4. The molecule has 1 aliphatic rings. The van der Waals surface area contributed by atoms with E-state index in [0.29, 0.717) is 6.10 Å². The van der Waals surface area contributed by atoms with Crippen LogP contribution in [0.15, 0.2) is 23.1 Å². The maximum absolute atomic E-state index is 6.08. The maximum Gasteiger partial charge on any atom is 0.132 e. The maximum atomic E-state index is 6.08. The van der Waals surface area contributed by atoms with Crippen molar-refractivity contribution in [2.75, 3.05) is 33.6 Å². The number of benzene rings is 1. The van der Waals surface area contributed by atoms with Crippen LogP contribution in [0, 0.1) is 0 Å². The molecule has 0 unspecified atom stereocenters. The summed E-state index contributed by atoms with van der Waals surface area (Å²) < 4.78 is 11.5. The fraction of sp³-hybridized carbons (Fsp3) is 0.684. The summed E-state index contributed by atoms with van der Waals surface area (Å²) in [6.45, 7) is 2.74. The minimum absolute atomic E-state index is 0.492. The van der Waals surface area contributed by atoms with E-state index >= 15 is 0 Å². The second-order valence-corrected chi connectivity index (χ2v) is 7.26. The zero-order chi connectivity index (χ0) is 16.5. The average Bonchev–Trinajstić information content (AvgIpc) is 2.83. The molecule has 1 aromatic carbocycles. The Bertz CT molecular complexity index is 459. The van der Waals surface area contributed by atoms with Crippen LogP contribution < -0.4 is 4.74 Å². The van der Waals surface area contributed by atoms with Crippen molar-refractivity contribution in [3.63, 3.8) is 0 Å². The summed E-state index contributed by atoms with van der Waals surface area (Å²) in [7, 11) is 3.90. The van der Waals surface area contributed by atoms with Gasteiger partial charge in [0.05, 0.1) is 19.8 Å². The van der Waals surface area contributed by atoms with Crippen molar-refractivity contribution in [1.82, 2.24) is 4.90 Å². The van der Waals surface area contributed by atoms with Gasteiger partial charge in [0.15, 0.2) is 0 Å². The zero-order valence-corrected chi connectivity index (χ0v) is 15.7. The van der Waals surface area contributed by atoms with Crippen molar-refractivity contribution in [3.05, 3.63) is 23.8 Å². The molecule has 0 atom stereocenters. The summed E-state index contributed by atoms with van der Waals surface area (Å²) in [6, 6.07) is 6.49. The molecule has 1 aliphatic carbocycles. The van der Waals surface area contributed by atoms with Gasteiger partial charge in [-0.25, -0.2) is 0 Å². The molecule has 0 spiro atoms. The molecule has 4 heteroatoms. The molecule has 23 heavy (non-hydrogen) atoms. The van der Waals surface area contributed by atoms with Crippen LogP contribution in [-0.4, -0.2) is 44.6 Å².